The number of rotatable bonds is 6. The van der Waals surface area contributed by atoms with Gasteiger partial charge in [0.05, 0.1) is 16.4 Å². The summed E-state index contributed by atoms with van der Waals surface area (Å²) in [5.74, 6) is -0.758. The highest BCUT2D eigenvalue weighted by atomic mass is 127. The van der Waals surface area contributed by atoms with Crippen molar-refractivity contribution >= 4 is 40.5 Å². The highest BCUT2D eigenvalue weighted by molar-refractivity contribution is 14.1. The summed E-state index contributed by atoms with van der Waals surface area (Å²) in [6, 6.07) is 9.57. The molecule has 0 spiro atoms. The largest absolute Gasteiger partial charge is 0.493 e. The first-order chi connectivity index (χ1) is 11.0. The molecule has 5 nitrogen and oxygen atoms in total. The normalized spacial score (nSPS) is 10.7. The Labute approximate surface area is 145 Å². The van der Waals surface area contributed by atoms with Crippen LogP contribution in [-0.2, 0) is 4.79 Å². The maximum atomic E-state index is 13.5. The van der Waals surface area contributed by atoms with Gasteiger partial charge in [-0.3, -0.25) is 4.99 Å². The first-order valence-electron chi connectivity index (χ1n) is 6.52. The minimum absolute atomic E-state index is 0.229. The summed E-state index contributed by atoms with van der Waals surface area (Å²) < 4.78 is 24.6. The van der Waals surface area contributed by atoms with Gasteiger partial charge in [-0.05, 0) is 52.4 Å². The first kappa shape index (κ1) is 17.2. The highest BCUT2D eigenvalue weighted by Gasteiger charge is 2.12. The van der Waals surface area contributed by atoms with Crippen molar-refractivity contribution in [3.05, 3.63) is 51.3 Å². The quantitative estimate of drug-likeness (QED) is 0.563. The van der Waals surface area contributed by atoms with E-state index >= 15 is 0 Å². The summed E-state index contributed by atoms with van der Waals surface area (Å²) in [6.07, 6.45) is 1.50. The fourth-order valence-electron chi connectivity index (χ4n) is 1.79. The molecule has 0 saturated carbocycles. The number of methoxy groups -OCH3 is 1. The smallest absolute Gasteiger partial charge is 0.341 e. The maximum absolute atomic E-state index is 13.5. The molecule has 0 bridgehead atoms. The molecule has 2 rings (SSSR count). The monoisotopic (exact) mass is 429 g/mol. The summed E-state index contributed by atoms with van der Waals surface area (Å²) in [4.78, 5) is 14.7. The summed E-state index contributed by atoms with van der Waals surface area (Å²) >= 11 is 2.01. The lowest BCUT2D eigenvalue weighted by Crippen LogP contribution is -2.11. The van der Waals surface area contributed by atoms with Gasteiger partial charge in [0.15, 0.2) is 18.1 Å². The van der Waals surface area contributed by atoms with Gasteiger partial charge < -0.3 is 14.6 Å². The van der Waals surface area contributed by atoms with Crippen LogP contribution in [0.5, 0.6) is 11.5 Å². The van der Waals surface area contributed by atoms with Crippen molar-refractivity contribution in [1.29, 1.82) is 0 Å². The molecule has 0 atom stereocenters. The Morgan fingerprint density at radius 3 is 2.78 bits per heavy atom. The molecule has 0 aliphatic heterocycles. The molecule has 0 aliphatic rings. The first-order valence-corrected chi connectivity index (χ1v) is 7.60. The van der Waals surface area contributed by atoms with Crippen LogP contribution >= 0.6 is 22.6 Å². The van der Waals surface area contributed by atoms with Gasteiger partial charge in [-0.15, -0.1) is 0 Å². The molecule has 1 N–H and O–H groups in total. The average molecular weight is 429 g/mol. The van der Waals surface area contributed by atoms with Crippen molar-refractivity contribution in [2.45, 2.75) is 0 Å². The fourth-order valence-corrected chi connectivity index (χ4v) is 2.57. The number of nitrogens with zero attached hydrogens (tertiary/aromatic N) is 1. The Morgan fingerprint density at radius 2 is 2.13 bits per heavy atom. The molecule has 120 valence electrons. The van der Waals surface area contributed by atoms with E-state index in [4.69, 9.17) is 14.6 Å². The minimum atomic E-state index is -1.08. The van der Waals surface area contributed by atoms with Crippen LogP contribution in [0.15, 0.2) is 41.4 Å². The molecule has 0 aromatic heterocycles. The number of halogens is 2. The SMILES string of the molecule is COc1cc(C=Nc2ccccc2F)cc(I)c1OCC(=O)O. The van der Waals surface area contributed by atoms with Crippen LogP contribution in [-0.4, -0.2) is 31.0 Å². The molecule has 2 aromatic rings. The standard InChI is InChI=1S/C16H13FINO4/c1-22-14-7-10(6-12(18)16(14)23-9-15(20)21)8-19-13-5-3-2-4-11(13)17/h2-8H,9H2,1H3,(H,20,21). The van der Waals surface area contributed by atoms with Crippen molar-refractivity contribution in [2.24, 2.45) is 4.99 Å². The van der Waals surface area contributed by atoms with Crippen molar-refractivity contribution in [3.63, 3.8) is 0 Å². The number of hydrogen-bond acceptors (Lipinski definition) is 4. The number of aliphatic carboxylic acids is 1. The fraction of sp³-hybridized carbons (Fsp3) is 0.125. The number of para-hydroxylation sites is 1. The molecule has 0 radical (unpaired) electrons. The Kier molecular flexibility index (Phi) is 5.91. The van der Waals surface area contributed by atoms with E-state index in [9.17, 15) is 9.18 Å². The second-order valence-corrected chi connectivity index (χ2v) is 5.59. The van der Waals surface area contributed by atoms with E-state index in [0.29, 0.717) is 20.6 Å². The summed E-state index contributed by atoms with van der Waals surface area (Å²) in [6.45, 7) is -0.463. The van der Waals surface area contributed by atoms with Gasteiger partial charge >= 0.3 is 5.97 Å². The number of hydrogen-bond donors (Lipinski definition) is 1. The topological polar surface area (TPSA) is 68.1 Å². The molecule has 0 fully saturated rings. The Bertz CT molecular complexity index is 749. The van der Waals surface area contributed by atoms with Crippen LogP contribution in [0, 0.1) is 9.39 Å². The number of benzene rings is 2. The van der Waals surface area contributed by atoms with E-state index in [2.05, 4.69) is 4.99 Å². The van der Waals surface area contributed by atoms with E-state index in [-0.39, 0.29) is 5.69 Å². The van der Waals surface area contributed by atoms with Crippen molar-refractivity contribution < 1.29 is 23.8 Å². The molecule has 0 amide bonds. The molecule has 0 unspecified atom stereocenters. The summed E-state index contributed by atoms with van der Waals surface area (Å²) in [7, 11) is 1.46. The van der Waals surface area contributed by atoms with E-state index < -0.39 is 18.4 Å². The second kappa shape index (κ2) is 7.91. The minimum Gasteiger partial charge on any atom is -0.493 e. The van der Waals surface area contributed by atoms with Gasteiger partial charge in [-0.2, -0.15) is 0 Å². The number of carboxylic acid groups (broad SMARTS) is 1. The van der Waals surface area contributed by atoms with Gasteiger partial charge in [0, 0.05) is 6.21 Å². The van der Waals surface area contributed by atoms with Gasteiger partial charge in [0.25, 0.3) is 0 Å². The number of ether oxygens (including phenoxy) is 2. The predicted molar refractivity (Wildman–Crippen MR) is 92.5 cm³/mol. The van der Waals surface area contributed by atoms with Crippen molar-refractivity contribution in [3.8, 4) is 11.5 Å². The van der Waals surface area contributed by atoms with E-state index in [1.54, 1.807) is 30.3 Å². The Morgan fingerprint density at radius 1 is 1.39 bits per heavy atom. The summed E-state index contributed by atoms with van der Waals surface area (Å²) in [5, 5.41) is 8.70. The molecule has 2 aromatic carbocycles. The van der Waals surface area contributed by atoms with E-state index in [1.165, 1.54) is 19.4 Å². The highest BCUT2D eigenvalue weighted by Crippen LogP contribution is 2.33. The van der Waals surface area contributed by atoms with Gasteiger partial charge in [-0.1, -0.05) is 12.1 Å². The van der Waals surface area contributed by atoms with E-state index in [1.807, 2.05) is 22.6 Å². The third-order valence-corrected chi connectivity index (χ3v) is 3.60. The number of carbonyl (C=O) groups is 1. The van der Waals surface area contributed by atoms with Crippen LogP contribution in [0.3, 0.4) is 0 Å². The molecule has 0 heterocycles. The lowest BCUT2D eigenvalue weighted by molar-refractivity contribution is -0.139. The predicted octanol–water partition coefficient (Wildman–Crippen LogP) is 3.65. The number of aliphatic imine (C=N–C) groups is 1. The maximum Gasteiger partial charge on any atom is 0.341 e. The van der Waals surface area contributed by atoms with Crippen LogP contribution in [0.2, 0.25) is 0 Å². The second-order valence-electron chi connectivity index (χ2n) is 4.43. The number of carboxylic acids is 1. The molecular weight excluding hydrogens is 416 g/mol. The third-order valence-electron chi connectivity index (χ3n) is 2.80. The lowest BCUT2D eigenvalue weighted by atomic mass is 10.2. The zero-order valence-corrected chi connectivity index (χ0v) is 14.3. The van der Waals surface area contributed by atoms with Gasteiger partial charge in [0.2, 0.25) is 0 Å². The average Bonchev–Trinajstić information content (AvgIpc) is 2.52. The van der Waals surface area contributed by atoms with E-state index in [0.717, 1.165) is 0 Å². The van der Waals surface area contributed by atoms with Gasteiger partial charge in [-0.25, -0.2) is 9.18 Å². The van der Waals surface area contributed by atoms with Crippen molar-refractivity contribution in [2.75, 3.05) is 13.7 Å². The van der Waals surface area contributed by atoms with Crippen LogP contribution in [0.1, 0.15) is 5.56 Å². The van der Waals surface area contributed by atoms with Crippen molar-refractivity contribution in [1.82, 2.24) is 0 Å². The molecule has 0 aliphatic carbocycles. The molecule has 7 heteroatoms. The molecular formula is C16H13FINO4. The third kappa shape index (κ3) is 4.65. The Hall–Kier alpha value is -2.16. The van der Waals surface area contributed by atoms with Crippen LogP contribution in [0.4, 0.5) is 10.1 Å². The molecule has 0 saturated heterocycles. The van der Waals surface area contributed by atoms with Crippen LogP contribution in [0.25, 0.3) is 0 Å². The Balaban J connectivity index is 2.29. The lowest BCUT2D eigenvalue weighted by Gasteiger charge is -2.12. The van der Waals surface area contributed by atoms with Gasteiger partial charge in [0.1, 0.15) is 5.82 Å². The summed E-state index contributed by atoms with van der Waals surface area (Å²) in [5.41, 5.74) is 0.907. The molecule has 23 heavy (non-hydrogen) atoms. The zero-order valence-electron chi connectivity index (χ0n) is 12.1. The van der Waals surface area contributed by atoms with Crippen LogP contribution < -0.4 is 9.47 Å². The zero-order chi connectivity index (χ0) is 16.8.